The summed E-state index contributed by atoms with van der Waals surface area (Å²) in [7, 11) is 7.16. The number of carboxylic acid groups (broad SMARTS) is 1. The van der Waals surface area contributed by atoms with E-state index in [4.69, 9.17) is 9.84 Å². The number of anilines is 2. The first-order chi connectivity index (χ1) is 12.4. The molecule has 9 heteroatoms. The van der Waals surface area contributed by atoms with Gasteiger partial charge in [0.05, 0.1) is 13.3 Å². The molecule has 26 heavy (non-hydrogen) atoms. The molecule has 1 aromatic heterocycles. The van der Waals surface area contributed by atoms with Crippen molar-refractivity contribution in [2.24, 2.45) is 0 Å². The number of methoxy groups -OCH3 is 1. The molecule has 0 atom stereocenters. The fourth-order valence-electron chi connectivity index (χ4n) is 2.36. The summed E-state index contributed by atoms with van der Waals surface area (Å²) in [5.74, 6) is -1.91. The number of ether oxygens (including phenoxy) is 1. The first-order valence-corrected chi connectivity index (χ1v) is 7.92. The van der Waals surface area contributed by atoms with E-state index in [0.717, 1.165) is 24.7 Å². The second kappa shape index (κ2) is 8.54. The molecule has 0 aliphatic carbocycles. The second-order valence-electron chi connectivity index (χ2n) is 5.79. The molecule has 0 aliphatic heterocycles. The summed E-state index contributed by atoms with van der Waals surface area (Å²) in [5, 5.41) is 10.5. The number of likely N-dealkylation sites (N-methyl/N-ethyl adjacent to an activating group) is 1. The highest BCUT2D eigenvalue weighted by atomic mass is 19.1. The Balaban J connectivity index is 2.40. The minimum Gasteiger partial charge on any atom is -0.495 e. The fraction of sp³-hybridized carbons (Fsp3) is 0.353. The lowest BCUT2D eigenvalue weighted by atomic mass is 10.1. The Hall–Kier alpha value is -2.78. The van der Waals surface area contributed by atoms with Crippen LogP contribution in [0.2, 0.25) is 0 Å². The number of nitrogens with zero attached hydrogens (tertiary/aromatic N) is 4. The Bertz CT molecular complexity index is 785. The van der Waals surface area contributed by atoms with Crippen molar-refractivity contribution in [3.05, 3.63) is 41.5 Å². The summed E-state index contributed by atoms with van der Waals surface area (Å²) in [5.41, 5.74) is 3.83. The number of carbonyl (C=O) groups is 1. The van der Waals surface area contributed by atoms with Gasteiger partial charge in [-0.05, 0) is 38.2 Å². The van der Waals surface area contributed by atoms with E-state index in [1.807, 2.05) is 32.3 Å². The van der Waals surface area contributed by atoms with E-state index in [9.17, 15) is 9.18 Å². The van der Waals surface area contributed by atoms with E-state index < -0.39 is 17.5 Å². The number of hydrogen-bond donors (Lipinski definition) is 2. The third kappa shape index (κ3) is 4.44. The van der Waals surface area contributed by atoms with E-state index in [1.165, 1.54) is 12.1 Å². The summed E-state index contributed by atoms with van der Waals surface area (Å²) in [6.07, 6.45) is 1.67. The largest absolute Gasteiger partial charge is 0.495 e. The van der Waals surface area contributed by atoms with Crippen LogP contribution in [-0.2, 0) is 6.42 Å². The van der Waals surface area contributed by atoms with Gasteiger partial charge in [-0.25, -0.2) is 29.6 Å². The lowest BCUT2D eigenvalue weighted by Gasteiger charge is -2.24. The second-order valence-corrected chi connectivity index (χ2v) is 5.79. The van der Waals surface area contributed by atoms with Crippen LogP contribution in [0.15, 0.2) is 24.4 Å². The molecule has 0 spiro atoms. The highest BCUT2D eigenvalue weighted by Crippen LogP contribution is 2.32. The van der Waals surface area contributed by atoms with E-state index in [2.05, 4.69) is 20.3 Å². The smallest absolute Gasteiger partial charge is 0.357 e. The number of hydrazine groups is 1. The molecule has 0 saturated heterocycles. The summed E-state index contributed by atoms with van der Waals surface area (Å²) in [4.78, 5) is 20.9. The Morgan fingerprint density at radius 3 is 2.69 bits per heavy atom. The van der Waals surface area contributed by atoms with E-state index >= 15 is 0 Å². The molecule has 2 rings (SSSR count). The van der Waals surface area contributed by atoms with Crippen LogP contribution < -0.4 is 15.2 Å². The minimum absolute atomic E-state index is 0.00867. The fourth-order valence-corrected chi connectivity index (χ4v) is 2.36. The molecular formula is C17H22FN5O3. The molecule has 8 nitrogen and oxygen atoms in total. The van der Waals surface area contributed by atoms with E-state index in [-0.39, 0.29) is 5.95 Å². The number of aromatic carboxylic acids is 1. The summed E-state index contributed by atoms with van der Waals surface area (Å²) >= 11 is 0. The Morgan fingerprint density at radius 1 is 1.38 bits per heavy atom. The molecule has 140 valence electrons. The SMILES string of the molecule is CNN(c1ncc(F)c(C(=O)O)n1)c1ccc(CCN(C)C)cc1OC. The quantitative estimate of drug-likeness (QED) is 0.685. The zero-order chi connectivity index (χ0) is 19.3. The lowest BCUT2D eigenvalue weighted by Crippen LogP contribution is -2.32. The molecule has 0 aliphatic rings. The van der Waals surface area contributed by atoms with Crippen molar-refractivity contribution in [3.63, 3.8) is 0 Å². The molecule has 0 saturated carbocycles. The van der Waals surface area contributed by atoms with Gasteiger partial charge < -0.3 is 14.7 Å². The van der Waals surface area contributed by atoms with Crippen LogP contribution in [0.5, 0.6) is 5.75 Å². The number of benzene rings is 1. The summed E-state index contributed by atoms with van der Waals surface area (Å²) in [6, 6.07) is 5.64. The first-order valence-electron chi connectivity index (χ1n) is 7.92. The van der Waals surface area contributed by atoms with Crippen molar-refractivity contribution < 1.29 is 19.0 Å². The Morgan fingerprint density at radius 2 is 2.12 bits per heavy atom. The van der Waals surface area contributed by atoms with Crippen molar-refractivity contribution in [2.75, 3.05) is 39.8 Å². The molecule has 0 unspecified atom stereocenters. The van der Waals surface area contributed by atoms with Crippen molar-refractivity contribution in [2.45, 2.75) is 6.42 Å². The van der Waals surface area contributed by atoms with Gasteiger partial charge in [0.1, 0.15) is 11.4 Å². The first kappa shape index (κ1) is 19.5. The van der Waals surface area contributed by atoms with Gasteiger partial charge in [0, 0.05) is 13.6 Å². The number of hydrogen-bond acceptors (Lipinski definition) is 7. The lowest BCUT2D eigenvalue weighted by molar-refractivity contribution is 0.0684. The highest BCUT2D eigenvalue weighted by Gasteiger charge is 2.20. The molecule has 2 N–H and O–H groups in total. The van der Waals surface area contributed by atoms with E-state index in [1.54, 1.807) is 7.05 Å². The van der Waals surface area contributed by atoms with Crippen molar-refractivity contribution in [3.8, 4) is 5.75 Å². The van der Waals surface area contributed by atoms with Crippen LogP contribution in [-0.4, -0.2) is 60.7 Å². The zero-order valence-corrected chi connectivity index (χ0v) is 15.2. The predicted molar refractivity (Wildman–Crippen MR) is 95.4 cm³/mol. The molecular weight excluding hydrogens is 341 g/mol. The van der Waals surface area contributed by atoms with Gasteiger partial charge >= 0.3 is 5.97 Å². The van der Waals surface area contributed by atoms with Gasteiger partial charge in [-0.15, -0.1) is 0 Å². The van der Waals surface area contributed by atoms with Crippen LogP contribution in [0.25, 0.3) is 0 Å². The number of aromatic nitrogens is 2. The van der Waals surface area contributed by atoms with Crippen molar-refractivity contribution in [1.82, 2.24) is 20.3 Å². The minimum atomic E-state index is -1.46. The Kier molecular flexibility index (Phi) is 6.42. The van der Waals surface area contributed by atoms with Gasteiger partial charge in [0.25, 0.3) is 0 Å². The van der Waals surface area contributed by atoms with E-state index in [0.29, 0.717) is 11.4 Å². The standard InChI is InChI=1S/C17H22FN5O3/c1-19-23(17-20-10-12(18)15(21-17)16(24)25)13-6-5-11(7-8-22(2)3)9-14(13)26-4/h5-6,9-10,19H,7-8H2,1-4H3,(H,24,25). The Labute approximate surface area is 151 Å². The van der Waals surface area contributed by atoms with Gasteiger partial charge in [-0.2, -0.15) is 0 Å². The predicted octanol–water partition coefficient (Wildman–Crippen LogP) is 1.70. The van der Waals surface area contributed by atoms with Crippen molar-refractivity contribution >= 4 is 17.6 Å². The molecule has 0 amide bonds. The third-order valence-corrected chi connectivity index (χ3v) is 3.69. The molecule has 0 radical (unpaired) electrons. The normalized spacial score (nSPS) is 10.8. The number of carboxylic acids is 1. The number of halogens is 1. The molecule has 1 aromatic carbocycles. The summed E-state index contributed by atoms with van der Waals surface area (Å²) in [6.45, 7) is 0.890. The van der Waals surface area contributed by atoms with Crippen LogP contribution in [0.4, 0.5) is 16.0 Å². The highest BCUT2D eigenvalue weighted by molar-refractivity contribution is 5.86. The van der Waals surface area contributed by atoms with Crippen LogP contribution in [0.3, 0.4) is 0 Å². The van der Waals surface area contributed by atoms with Gasteiger partial charge in [-0.1, -0.05) is 6.07 Å². The molecule has 1 heterocycles. The van der Waals surface area contributed by atoms with Gasteiger partial charge in [-0.3, -0.25) is 0 Å². The molecule has 0 fully saturated rings. The zero-order valence-electron chi connectivity index (χ0n) is 15.2. The van der Waals surface area contributed by atoms with Gasteiger partial charge in [0.15, 0.2) is 11.5 Å². The van der Waals surface area contributed by atoms with Gasteiger partial charge in [0.2, 0.25) is 5.95 Å². The number of rotatable bonds is 8. The number of nitrogens with one attached hydrogen (secondary N) is 1. The van der Waals surface area contributed by atoms with Crippen LogP contribution in [0, 0.1) is 5.82 Å². The maximum atomic E-state index is 13.6. The topological polar surface area (TPSA) is 90.8 Å². The van der Waals surface area contributed by atoms with Crippen LogP contribution >= 0.6 is 0 Å². The monoisotopic (exact) mass is 363 g/mol. The van der Waals surface area contributed by atoms with Crippen LogP contribution in [0.1, 0.15) is 16.1 Å². The van der Waals surface area contributed by atoms with Crippen molar-refractivity contribution in [1.29, 1.82) is 0 Å². The molecule has 0 bridgehead atoms. The molecule has 2 aromatic rings. The maximum Gasteiger partial charge on any atom is 0.357 e. The maximum absolute atomic E-state index is 13.6. The summed E-state index contributed by atoms with van der Waals surface area (Å²) < 4.78 is 19.0. The third-order valence-electron chi connectivity index (χ3n) is 3.69. The average Bonchev–Trinajstić information content (AvgIpc) is 2.62. The average molecular weight is 363 g/mol.